The second kappa shape index (κ2) is 5.69. The predicted molar refractivity (Wildman–Crippen MR) is 86.5 cm³/mol. The summed E-state index contributed by atoms with van der Waals surface area (Å²) in [6, 6.07) is 4.01. The number of rotatable bonds is 2. The van der Waals surface area contributed by atoms with Gasteiger partial charge in [-0.05, 0) is 34.8 Å². The van der Waals surface area contributed by atoms with Crippen LogP contribution < -0.4 is 4.90 Å². The Morgan fingerprint density at radius 2 is 2.09 bits per heavy atom. The standard InChI is InChI=1S/C15H17BrN6/c1-15(14-20-19-10-21(14)2)4-7-22(8-5-15)12-11(9-17)3-6-18-13(12)16/h3,6,10H,4-5,7-8H2,1-2H3. The fourth-order valence-electron chi connectivity index (χ4n) is 3.10. The SMILES string of the molecule is Cn1cnnc1C1(C)CCN(c2c(C#N)ccnc2Br)CC1. The van der Waals surface area contributed by atoms with Crippen LogP contribution in [0.15, 0.2) is 23.2 Å². The lowest BCUT2D eigenvalue weighted by atomic mass is 9.79. The zero-order valence-electron chi connectivity index (χ0n) is 12.6. The first kappa shape index (κ1) is 15.0. The van der Waals surface area contributed by atoms with Crippen molar-refractivity contribution in [2.45, 2.75) is 25.2 Å². The van der Waals surface area contributed by atoms with Gasteiger partial charge < -0.3 is 9.47 Å². The lowest BCUT2D eigenvalue weighted by Crippen LogP contribution is -2.42. The predicted octanol–water partition coefficient (Wildman–Crippen LogP) is 2.40. The molecule has 0 unspecified atom stereocenters. The monoisotopic (exact) mass is 360 g/mol. The quantitative estimate of drug-likeness (QED) is 0.769. The Morgan fingerprint density at radius 3 is 2.68 bits per heavy atom. The van der Waals surface area contributed by atoms with Crippen LogP contribution in [0.3, 0.4) is 0 Å². The maximum absolute atomic E-state index is 9.32. The second-order valence-electron chi connectivity index (χ2n) is 5.92. The number of aryl methyl sites for hydroxylation is 1. The highest BCUT2D eigenvalue weighted by Crippen LogP contribution is 2.37. The largest absolute Gasteiger partial charge is 0.368 e. The smallest absolute Gasteiger partial charge is 0.138 e. The lowest BCUT2D eigenvalue weighted by molar-refractivity contribution is 0.334. The van der Waals surface area contributed by atoms with Gasteiger partial charge >= 0.3 is 0 Å². The molecule has 0 radical (unpaired) electrons. The first-order valence-electron chi connectivity index (χ1n) is 7.19. The summed E-state index contributed by atoms with van der Waals surface area (Å²) in [7, 11) is 1.98. The van der Waals surface area contributed by atoms with Gasteiger partial charge in [-0.15, -0.1) is 10.2 Å². The first-order valence-corrected chi connectivity index (χ1v) is 7.98. The van der Waals surface area contributed by atoms with Gasteiger partial charge in [-0.1, -0.05) is 6.92 Å². The number of halogens is 1. The van der Waals surface area contributed by atoms with E-state index in [0.29, 0.717) is 5.56 Å². The van der Waals surface area contributed by atoms with Crippen molar-refractivity contribution in [2.75, 3.05) is 18.0 Å². The van der Waals surface area contributed by atoms with Gasteiger partial charge in [0.05, 0.1) is 11.3 Å². The highest BCUT2D eigenvalue weighted by Gasteiger charge is 2.36. The molecule has 0 N–H and O–H groups in total. The Bertz CT molecular complexity index is 724. The zero-order chi connectivity index (χ0) is 15.7. The molecule has 1 fully saturated rings. The van der Waals surface area contributed by atoms with E-state index in [4.69, 9.17) is 0 Å². The van der Waals surface area contributed by atoms with Gasteiger partial charge in [0.25, 0.3) is 0 Å². The van der Waals surface area contributed by atoms with E-state index in [0.717, 1.165) is 42.0 Å². The number of anilines is 1. The third-order valence-electron chi connectivity index (χ3n) is 4.43. The normalized spacial score (nSPS) is 17.3. The Kier molecular flexibility index (Phi) is 3.87. The molecule has 7 heteroatoms. The molecule has 114 valence electrons. The molecule has 0 bridgehead atoms. The number of hydrogen-bond donors (Lipinski definition) is 0. The molecule has 3 heterocycles. The van der Waals surface area contributed by atoms with E-state index in [-0.39, 0.29) is 5.41 Å². The number of hydrogen-bond acceptors (Lipinski definition) is 5. The summed E-state index contributed by atoms with van der Waals surface area (Å²) >= 11 is 3.47. The summed E-state index contributed by atoms with van der Waals surface area (Å²) in [5.41, 5.74) is 1.57. The van der Waals surface area contributed by atoms with Crippen LogP contribution in [-0.2, 0) is 12.5 Å². The molecule has 0 saturated carbocycles. The topological polar surface area (TPSA) is 70.6 Å². The Morgan fingerprint density at radius 1 is 1.36 bits per heavy atom. The minimum absolute atomic E-state index is 0.0171. The fraction of sp³-hybridized carbons (Fsp3) is 0.467. The van der Waals surface area contributed by atoms with Crippen LogP contribution in [0.1, 0.15) is 31.2 Å². The molecular weight excluding hydrogens is 344 g/mol. The summed E-state index contributed by atoms with van der Waals surface area (Å²) in [5, 5.41) is 17.6. The summed E-state index contributed by atoms with van der Waals surface area (Å²) in [6.07, 6.45) is 5.33. The van der Waals surface area contributed by atoms with Crippen LogP contribution in [-0.4, -0.2) is 32.8 Å². The summed E-state index contributed by atoms with van der Waals surface area (Å²) in [5.74, 6) is 1.03. The molecule has 1 saturated heterocycles. The molecular formula is C15H17BrN6. The average molecular weight is 361 g/mol. The minimum atomic E-state index is 0.0171. The molecule has 0 aromatic carbocycles. The molecule has 1 aliphatic heterocycles. The zero-order valence-corrected chi connectivity index (χ0v) is 14.2. The van der Waals surface area contributed by atoms with Gasteiger partial charge in [-0.25, -0.2) is 4.98 Å². The molecule has 6 nitrogen and oxygen atoms in total. The third kappa shape index (κ3) is 2.48. The molecule has 3 rings (SSSR count). The number of aromatic nitrogens is 4. The van der Waals surface area contributed by atoms with E-state index >= 15 is 0 Å². The van der Waals surface area contributed by atoms with Crippen molar-refractivity contribution in [2.24, 2.45) is 7.05 Å². The van der Waals surface area contributed by atoms with E-state index in [1.165, 1.54) is 0 Å². The van der Waals surface area contributed by atoms with Crippen LogP contribution >= 0.6 is 15.9 Å². The van der Waals surface area contributed by atoms with E-state index < -0.39 is 0 Å². The van der Waals surface area contributed by atoms with Crippen molar-refractivity contribution in [3.05, 3.63) is 34.6 Å². The van der Waals surface area contributed by atoms with Crippen molar-refractivity contribution >= 4 is 21.6 Å². The minimum Gasteiger partial charge on any atom is -0.368 e. The first-order chi connectivity index (χ1) is 10.5. The van der Waals surface area contributed by atoms with Crippen LogP contribution in [0.4, 0.5) is 5.69 Å². The molecule has 1 aliphatic rings. The van der Waals surface area contributed by atoms with Crippen LogP contribution in [0.5, 0.6) is 0 Å². The average Bonchev–Trinajstić information content (AvgIpc) is 2.95. The molecule has 0 spiro atoms. The third-order valence-corrected chi connectivity index (χ3v) is 5.01. The van der Waals surface area contributed by atoms with Gasteiger partial charge in [-0.2, -0.15) is 5.26 Å². The number of piperidine rings is 1. The van der Waals surface area contributed by atoms with Crippen molar-refractivity contribution in [1.82, 2.24) is 19.7 Å². The van der Waals surface area contributed by atoms with E-state index in [1.807, 2.05) is 11.6 Å². The van der Waals surface area contributed by atoms with Crippen molar-refractivity contribution in [3.8, 4) is 6.07 Å². The van der Waals surface area contributed by atoms with Gasteiger partial charge in [0.2, 0.25) is 0 Å². The summed E-state index contributed by atoms with van der Waals surface area (Å²) < 4.78 is 2.73. The van der Waals surface area contributed by atoms with E-state index in [2.05, 4.69) is 49.0 Å². The Labute approximate surface area is 137 Å². The van der Waals surface area contributed by atoms with Crippen molar-refractivity contribution in [1.29, 1.82) is 5.26 Å². The molecule has 22 heavy (non-hydrogen) atoms. The maximum Gasteiger partial charge on any atom is 0.138 e. The fourth-order valence-corrected chi connectivity index (χ4v) is 3.68. The molecule has 0 aliphatic carbocycles. The van der Waals surface area contributed by atoms with Crippen molar-refractivity contribution < 1.29 is 0 Å². The summed E-state index contributed by atoms with van der Waals surface area (Å²) in [4.78, 5) is 6.49. The van der Waals surface area contributed by atoms with Crippen LogP contribution in [0, 0.1) is 11.3 Å². The molecule has 2 aromatic heterocycles. The molecule has 0 atom stereocenters. The second-order valence-corrected chi connectivity index (χ2v) is 6.67. The Balaban J connectivity index is 1.84. The van der Waals surface area contributed by atoms with Crippen LogP contribution in [0.2, 0.25) is 0 Å². The number of nitrogens with zero attached hydrogens (tertiary/aromatic N) is 6. The number of nitriles is 1. The maximum atomic E-state index is 9.32. The van der Waals surface area contributed by atoms with E-state index in [1.54, 1.807) is 18.6 Å². The lowest BCUT2D eigenvalue weighted by Gasteiger charge is -2.40. The molecule has 0 amide bonds. The van der Waals surface area contributed by atoms with Gasteiger partial charge in [0.1, 0.15) is 22.8 Å². The van der Waals surface area contributed by atoms with Gasteiger partial charge in [0, 0.05) is 31.7 Å². The summed E-state index contributed by atoms with van der Waals surface area (Å²) in [6.45, 7) is 3.96. The molecule has 2 aromatic rings. The highest BCUT2D eigenvalue weighted by atomic mass is 79.9. The van der Waals surface area contributed by atoms with E-state index in [9.17, 15) is 5.26 Å². The van der Waals surface area contributed by atoms with Crippen molar-refractivity contribution in [3.63, 3.8) is 0 Å². The Hall–Kier alpha value is -1.94. The van der Waals surface area contributed by atoms with Crippen LogP contribution in [0.25, 0.3) is 0 Å². The highest BCUT2D eigenvalue weighted by molar-refractivity contribution is 9.10. The number of pyridine rings is 1. The van der Waals surface area contributed by atoms with Gasteiger partial charge in [0.15, 0.2) is 0 Å². The van der Waals surface area contributed by atoms with Gasteiger partial charge in [-0.3, -0.25) is 0 Å².